The number of rotatable bonds is 9. The third-order valence-electron chi connectivity index (χ3n) is 5.68. The number of amides is 1. The number of carbonyl (C=O) groups excluding carboxylic acids is 1. The van der Waals surface area contributed by atoms with Gasteiger partial charge in [0.1, 0.15) is 6.54 Å². The summed E-state index contributed by atoms with van der Waals surface area (Å²) in [5.74, 6) is 0.524. The highest BCUT2D eigenvalue weighted by Gasteiger charge is 2.28. The second-order valence-corrected chi connectivity index (χ2v) is 10.3. The van der Waals surface area contributed by atoms with Crippen molar-refractivity contribution in [3.63, 3.8) is 0 Å². The van der Waals surface area contributed by atoms with Gasteiger partial charge in [0.2, 0.25) is 0 Å². The van der Waals surface area contributed by atoms with E-state index in [1.165, 1.54) is 7.11 Å². The van der Waals surface area contributed by atoms with Gasteiger partial charge in [0.25, 0.3) is 15.9 Å². The third kappa shape index (κ3) is 6.04. The molecule has 0 fully saturated rings. The number of anilines is 1. The Labute approximate surface area is 212 Å². The molecule has 1 amide bonds. The van der Waals surface area contributed by atoms with E-state index < -0.39 is 22.5 Å². The quantitative estimate of drug-likeness (QED) is 0.341. The number of nitrogens with one attached hydrogen (secondary N) is 1. The molecule has 0 heterocycles. The van der Waals surface area contributed by atoms with Gasteiger partial charge in [0.05, 0.1) is 30.5 Å². The SMILES string of the molecule is COc1ccc(/C(C)=N\NC(=O)CN(c2cc(C)ccc2C)S(=O)(=O)c2ccc(C)cc2)cc1OC. The molecule has 3 aromatic rings. The molecule has 8 nitrogen and oxygen atoms in total. The lowest BCUT2D eigenvalue weighted by molar-refractivity contribution is -0.119. The largest absolute Gasteiger partial charge is 0.493 e. The summed E-state index contributed by atoms with van der Waals surface area (Å²) in [7, 11) is -0.938. The van der Waals surface area contributed by atoms with Crippen molar-refractivity contribution in [1.82, 2.24) is 5.43 Å². The number of hydrazone groups is 1. The molecule has 9 heteroatoms. The number of hydrogen-bond donors (Lipinski definition) is 1. The van der Waals surface area contributed by atoms with E-state index in [1.54, 1.807) is 62.6 Å². The fraction of sp³-hybridized carbons (Fsp3) is 0.259. The molecule has 0 saturated heterocycles. The van der Waals surface area contributed by atoms with Crippen LogP contribution in [0.3, 0.4) is 0 Å². The minimum Gasteiger partial charge on any atom is -0.493 e. The van der Waals surface area contributed by atoms with Gasteiger partial charge in [-0.05, 0) is 75.2 Å². The second kappa shape index (κ2) is 11.3. The molecule has 3 rings (SSSR count). The van der Waals surface area contributed by atoms with Crippen molar-refractivity contribution in [2.45, 2.75) is 32.6 Å². The van der Waals surface area contributed by atoms with Crippen LogP contribution >= 0.6 is 0 Å². The Bertz CT molecular complexity index is 1380. The smallest absolute Gasteiger partial charge is 0.264 e. The van der Waals surface area contributed by atoms with E-state index in [4.69, 9.17) is 9.47 Å². The van der Waals surface area contributed by atoms with Crippen molar-refractivity contribution in [2.75, 3.05) is 25.1 Å². The molecule has 0 unspecified atom stereocenters. The van der Waals surface area contributed by atoms with Gasteiger partial charge in [0.15, 0.2) is 11.5 Å². The molecule has 1 N–H and O–H groups in total. The molecule has 0 bridgehead atoms. The zero-order valence-corrected chi connectivity index (χ0v) is 22.1. The Hall–Kier alpha value is -3.85. The fourth-order valence-electron chi connectivity index (χ4n) is 3.56. The minimum atomic E-state index is -4.02. The summed E-state index contributed by atoms with van der Waals surface area (Å²) >= 11 is 0. The predicted molar refractivity (Wildman–Crippen MR) is 142 cm³/mol. The number of nitrogens with zero attached hydrogens (tertiary/aromatic N) is 2. The average molecular weight is 510 g/mol. The maximum atomic E-state index is 13.6. The predicted octanol–water partition coefficient (Wildman–Crippen LogP) is 4.36. The number of ether oxygens (including phenoxy) is 2. The van der Waals surface area contributed by atoms with Crippen LogP contribution in [0.2, 0.25) is 0 Å². The summed E-state index contributed by atoms with van der Waals surface area (Å²) in [4.78, 5) is 13.0. The first-order chi connectivity index (χ1) is 17.1. The molecule has 0 aliphatic carbocycles. The van der Waals surface area contributed by atoms with Crippen LogP contribution in [0, 0.1) is 20.8 Å². The van der Waals surface area contributed by atoms with E-state index >= 15 is 0 Å². The molecule has 0 aliphatic rings. The van der Waals surface area contributed by atoms with Crippen molar-refractivity contribution >= 4 is 27.3 Å². The summed E-state index contributed by atoms with van der Waals surface area (Å²) in [6, 6.07) is 17.3. The average Bonchev–Trinajstić information content (AvgIpc) is 2.87. The number of methoxy groups -OCH3 is 2. The van der Waals surface area contributed by atoms with Crippen molar-refractivity contribution in [2.24, 2.45) is 5.10 Å². The van der Waals surface area contributed by atoms with E-state index in [9.17, 15) is 13.2 Å². The summed E-state index contributed by atoms with van der Waals surface area (Å²) in [6.07, 6.45) is 0. The first-order valence-electron chi connectivity index (χ1n) is 11.3. The monoisotopic (exact) mass is 509 g/mol. The Kier molecular flexibility index (Phi) is 8.37. The van der Waals surface area contributed by atoms with Crippen LogP contribution < -0.4 is 19.2 Å². The normalized spacial score (nSPS) is 11.7. The molecule has 0 saturated carbocycles. The van der Waals surface area contributed by atoms with Crippen LogP contribution in [0.25, 0.3) is 0 Å². The first-order valence-corrected chi connectivity index (χ1v) is 12.7. The molecule has 0 atom stereocenters. The molecule has 0 radical (unpaired) electrons. The molecule has 0 aliphatic heterocycles. The topological polar surface area (TPSA) is 97.3 Å². The summed E-state index contributed by atoms with van der Waals surface area (Å²) in [5.41, 5.74) is 6.70. The van der Waals surface area contributed by atoms with E-state index in [1.807, 2.05) is 32.9 Å². The van der Waals surface area contributed by atoms with Crippen LogP contribution in [0.4, 0.5) is 5.69 Å². The lowest BCUT2D eigenvalue weighted by atomic mass is 10.1. The van der Waals surface area contributed by atoms with Crippen LogP contribution in [0.1, 0.15) is 29.2 Å². The van der Waals surface area contributed by atoms with Gasteiger partial charge < -0.3 is 9.47 Å². The Balaban J connectivity index is 1.91. The summed E-state index contributed by atoms with van der Waals surface area (Å²) < 4.78 is 38.9. The Morgan fingerprint density at radius 1 is 0.889 bits per heavy atom. The van der Waals surface area contributed by atoms with E-state index in [2.05, 4.69) is 10.5 Å². The van der Waals surface area contributed by atoms with Gasteiger partial charge in [-0.3, -0.25) is 9.10 Å². The van der Waals surface area contributed by atoms with Gasteiger partial charge >= 0.3 is 0 Å². The maximum absolute atomic E-state index is 13.6. The highest BCUT2D eigenvalue weighted by Crippen LogP contribution is 2.29. The van der Waals surface area contributed by atoms with Crippen molar-refractivity contribution in [3.05, 3.63) is 82.9 Å². The Morgan fingerprint density at radius 2 is 1.53 bits per heavy atom. The standard InChI is InChI=1S/C27H31N3O5S/c1-18-8-12-23(13-9-18)36(32,33)30(24-15-19(2)7-10-20(24)3)17-27(31)29-28-21(4)22-11-14-25(34-5)26(16-22)35-6/h7-16H,17H2,1-6H3,(H,29,31)/b28-21-. The number of hydrogen-bond acceptors (Lipinski definition) is 6. The zero-order valence-electron chi connectivity index (χ0n) is 21.3. The number of sulfonamides is 1. The van der Waals surface area contributed by atoms with E-state index in [0.717, 1.165) is 21.0 Å². The molecule has 0 aromatic heterocycles. The van der Waals surface area contributed by atoms with Gasteiger partial charge in [-0.1, -0.05) is 29.8 Å². The number of benzene rings is 3. The van der Waals surface area contributed by atoms with Crippen LogP contribution in [0.15, 0.2) is 70.7 Å². The number of aryl methyl sites for hydroxylation is 3. The zero-order chi connectivity index (χ0) is 26.5. The summed E-state index contributed by atoms with van der Waals surface area (Å²) in [5, 5.41) is 4.18. The lowest BCUT2D eigenvalue weighted by Gasteiger charge is -2.25. The van der Waals surface area contributed by atoms with Gasteiger partial charge in [-0.25, -0.2) is 13.8 Å². The second-order valence-electron chi connectivity index (χ2n) is 8.42. The van der Waals surface area contributed by atoms with Crippen LogP contribution in [-0.2, 0) is 14.8 Å². The van der Waals surface area contributed by atoms with Gasteiger partial charge in [-0.15, -0.1) is 0 Å². The van der Waals surface area contributed by atoms with Gasteiger partial charge in [0, 0.05) is 5.56 Å². The minimum absolute atomic E-state index is 0.104. The molecule has 0 spiro atoms. The van der Waals surface area contributed by atoms with Crippen LogP contribution in [-0.4, -0.2) is 40.8 Å². The van der Waals surface area contributed by atoms with Crippen molar-refractivity contribution in [1.29, 1.82) is 0 Å². The molecule has 3 aromatic carbocycles. The highest BCUT2D eigenvalue weighted by molar-refractivity contribution is 7.92. The lowest BCUT2D eigenvalue weighted by Crippen LogP contribution is -2.40. The third-order valence-corrected chi connectivity index (χ3v) is 7.45. The van der Waals surface area contributed by atoms with E-state index in [0.29, 0.717) is 28.5 Å². The van der Waals surface area contributed by atoms with E-state index in [-0.39, 0.29) is 4.90 Å². The maximum Gasteiger partial charge on any atom is 0.264 e. The van der Waals surface area contributed by atoms with Crippen molar-refractivity contribution in [3.8, 4) is 11.5 Å². The molecular weight excluding hydrogens is 478 g/mol. The molecule has 190 valence electrons. The van der Waals surface area contributed by atoms with Gasteiger partial charge in [-0.2, -0.15) is 5.10 Å². The molecule has 36 heavy (non-hydrogen) atoms. The van der Waals surface area contributed by atoms with Crippen molar-refractivity contribution < 1.29 is 22.7 Å². The highest BCUT2D eigenvalue weighted by atomic mass is 32.2. The fourth-order valence-corrected chi connectivity index (χ4v) is 5.04. The summed E-state index contributed by atoms with van der Waals surface area (Å²) in [6.45, 7) is 6.85. The first kappa shape index (κ1) is 26.7. The molecular formula is C27H31N3O5S. The Morgan fingerprint density at radius 3 is 2.17 bits per heavy atom. The van der Waals surface area contributed by atoms with Crippen LogP contribution in [0.5, 0.6) is 11.5 Å². The number of carbonyl (C=O) groups is 1.